The van der Waals surface area contributed by atoms with Crippen molar-refractivity contribution in [1.29, 1.82) is 0 Å². The van der Waals surface area contributed by atoms with Gasteiger partial charge in [-0.2, -0.15) is 5.10 Å². The van der Waals surface area contributed by atoms with E-state index in [1.165, 1.54) is 9.78 Å². The highest BCUT2D eigenvalue weighted by Crippen LogP contribution is 2.40. The zero-order valence-electron chi connectivity index (χ0n) is 42.2. The van der Waals surface area contributed by atoms with Gasteiger partial charge in [-0.15, -0.1) is 33.3 Å². The van der Waals surface area contributed by atoms with Crippen molar-refractivity contribution in [3.8, 4) is 22.0 Å². The van der Waals surface area contributed by atoms with E-state index in [0.29, 0.717) is 29.6 Å². The van der Waals surface area contributed by atoms with Crippen LogP contribution in [0.25, 0.3) is 21.0 Å². The van der Waals surface area contributed by atoms with Crippen LogP contribution in [0.1, 0.15) is 116 Å². The SMILES string of the molecule is C=N/C(C)=C(\SC)c1ccc([C@H](C)NC(=O)[C@@H]2C[C@@H](O)CN2C(=O)[C@@H](C(C)C)n2cc(-c3ccc(OC4CC(NC(=O)C[C@@H]5N=C(c6ccc(Cl)cc6)c6c(sc(C)c6C)-n6c(C)nnc65)C4)nc3)cn2)cc1. The van der Waals surface area contributed by atoms with Gasteiger partial charge < -0.3 is 25.4 Å². The summed E-state index contributed by atoms with van der Waals surface area (Å²) < 4.78 is 9.90. The quantitative estimate of drug-likeness (QED) is 0.0788. The second-order valence-electron chi connectivity index (χ2n) is 19.4. The lowest BCUT2D eigenvalue weighted by Crippen LogP contribution is -2.49. The van der Waals surface area contributed by atoms with Crippen LogP contribution in [0.15, 0.2) is 94.9 Å². The van der Waals surface area contributed by atoms with E-state index in [2.05, 4.69) is 56.5 Å². The average molecular weight is 1040 g/mol. The second kappa shape index (κ2) is 21.5. The van der Waals surface area contributed by atoms with Crippen molar-refractivity contribution >= 4 is 69.8 Å². The van der Waals surface area contributed by atoms with Crippen LogP contribution in [0.5, 0.6) is 5.88 Å². The summed E-state index contributed by atoms with van der Waals surface area (Å²) in [6, 6.07) is 16.7. The van der Waals surface area contributed by atoms with Gasteiger partial charge in [0, 0.05) is 87.4 Å². The van der Waals surface area contributed by atoms with Gasteiger partial charge in [0.05, 0.1) is 36.2 Å². The number of aliphatic hydroxyl groups excluding tert-OH is 1. The van der Waals surface area contributed by atoms with Gasteiger partial charge in [-0.3, -0.25) is 33.6 Å². The molecule has 5 atom stereocenters. The minimum Gasteiger partial charge on any atom is -0.474 e. The van der Waals surface area contributed by atoms with Crippen LogP contribution in [-0.4, -0.2) is 107 Å². The first-order valence-electron chi connectivity index (χ1n) is 24.5. The van der Waals surface area contributed by atoms with Crippen molar-refractivity contribution in [3.05, 3.63) is 134 Å². The third-order valence-electron chi connectivity index (χ3n) is 14.0. The number of ether oxygens (including phenoxy) is 1. The average Bonchev–Trinajstić information content (AvgIpc) is 4.14. The van der Waals surface area contributed by atoms with Gasteiger partial charge in [-0.1, -0.05) is 61.8 Å². The number of aliphatic imine (C=N–C) groups is 2. The van der Waals surface area contributed by atoms with Gasteiger partial charge in [0.2, 0.25) is 23.6 Å². The Hall–Kier alpha value is -6.47. The number of halogens is 1. The molecule has 0 radical (unpaired) electrons. The first-order chi connectivity index (χ1) is 35.0. The molecule has 0 bridgehead atoms. The topological polar surface area (TPSA) is 194 Å². The Bertz CT molecular complexity index is 3100. The van der Waals surface area contributed by atoms with Gasteiger partial charge in [0.15, 0.2) is 5.82 Å². The van der Waals surface area contributed by atoms with Crippen molar-refractivity contribution in [2.75, 3.05) is 12.8 Å². The highest BCUT2D eigenvalue weighted by Gasteiger charge is 2.43. The molecular weight excluding hydrogens is 982 g/mol. The van der Waals surface area contributed by atoms with E-state index in [4.69, 9.17) is 21.3 Å². The lowest BCUT2D eigenvalue weighted by Gasteiger charge is -2.35. The van der Waals surface area contributed by atoms with Crippen molar-refractivity contribution in [1.82, 2.24) is 45.1 Å². The molecule has 3 amide bonds. The van der Waals surface area contributed by atoms with Gasteiger partial charge in [-0.25, -0.2) is 4.98 Å². The van der Waals surface area contributed by atoms with Crippen LogP contribution in [0.3, 0.4) is 0 Å². The standard InChI is InChI=1S/C54H60ClN11O5S2/c1-28(2)49(53(70)64-27-41(67)22-44(64)52(69)59-30(4)34-10-12-36(13-11-34)50(72-9)31(5)56-8)65-26-38(25-58-65)37-16-19-46(57-24-37)71-42-20-40(21-42)60-45(68)23-43-51-63-62-33(7)66(51)54-47(29(3)32(6)73-54)48(61-43)35-14-17-39(55)18-15-35/h10-19,24-26,28,30,40-44,49,67H,8,20-23,27H2,1-7,9H3,(H,59,69)(H,60,68)/b50-31-/t30-,40?,41+,42?,43-,44-,49+/m0/s1. The Labute approximate surface area is 438 Å². The molecule has 3 aliphatic rings. The molecule has 0 spiro atoms. The molecule has 2 aromatic carbocycles. The molecule has 6 aromatic rings. The summed E-state index contributed by atoms with van der Waals surface area (Å²) in [5, 5.41) is 32.2. The number of amides is 3. The molecular formula is C54H60ClN11O5S2. The number of fused-ring (bicyclic) bond motifs is 3. The maximum Gasteiger partial charge on any atom is 0.248 e. The number of pyridine rings is 1. The summed E-state index contributed by atoms with van der Waals surface area (Å²) in [6.45, 7) is 17.5. The number of aliphatic hydroxyl groups is 1. The van der Waals surface area contributed by atoms with Gasteiger partial charge >= 0.3 is 0 Å². The number of hydrogen-bond donors (Lipinski definition) is 3. The van der Waals surface area contributed by atoms with Crippen molar-refractivity contribution in [2.24, 2.45) is 15.9 Å². The molecule has 3 N–H and O–H groups in total. The smallest absolute Gasteiger partial charge is 0.248 e. The third-order valence-corrected chi connectivity index (χ3v) is 16.4. The Morgan fingerprint density at radius 3 is 2.37 bits per heavy atom. The molecule has 9 rings (SSSR count). The zero-order valence-corrected chi connectivity index (χ0v) is 44.6. The van der Waals surface area contributed by atoms with Gasteiger partial charge in [-0.05, 0) is 88.4 Å². The molecule has 380 valence electrons. The van der Waals surface area contributed by atoms with E-state index in [0.717, 1.165) is 66.1 Å². The molecule has 0 unspecified atom stereocenters. The third kappa shape index (κ3) is 10.7. The summed E-state index contributed by atoms with van der Waals surface area (Å²) in [5.74, 6) is 0.880. The highest BCUT2D eigenvalue weighted by atomic mass is 35.5. The van der Waals surface area contributed by atoms with Gasteiger partial charge in [0.25, 0.3) is 0 Å². The first kappa shape index (κ1) is 51.4. The number of allylic oxidation sites excluding steroid dienone is 1. The molecule has 1 saturated carbocycles. The predicted octanol–water partition coefficient (Wildman–Crippen LogP) is 8.96. The van der Waals surface area contributed by atoms with Crippen LogP contribution in [0.4, 0.5) is 0 Å². The molecule has 6 heterocycles. The zero-order chi connectivity index (χ0) is 51.8. The number of hydrogen-bond acceptors (Lipinski definition) is 13. The number of carbonyl (C=O) groups excluding carboxylic acids is 3. The van der Waals surface area contributed by atoms with Crippen LogP contribution in [-0.2, 0) is 14.4 Å². The maximum atomic E-state index is 14.4. The number of thioether (sulfide) groups is 1. The minimum absolute atomic E-state index is 0.0421. The number of nitrogens with one attached hydrogen (secondary N) is 2. The number of thiophene rings is 1. The summed E-state index contributed by atoms with van der Waals surface area (Å²) in [7, 11) is 0. The number of benzene rings is 2. The molecule has 16 nitrogen and oxygen atoms in total. The summed E-state index contributed by atoms with van der Waals surface area (Å²) >= 11 is 9.54. The minimum atomic E-state index is -0.847. The number of carbonyl (C=O) groups is 3. The summed E-state index contributed by atoms with van der Waals surface area (Å²) in [4.78, 5) is 59.5. The lowest BCUT2D eigenvalue weighted by molar-refractivity contribution is -0.142. The van der Waals surface area contributed by atoms with Crippen molar-refractivity contribution in [2.45, 2.75) is 117 Å². The first-order valence-corrected chi connectivity index (χ1v) is 26.9. The number of aryl methyl sites for hydroxylation is 2. The van der Waals surface area contributed by atoms with E-state index in [9.17, 15) is 19.5 Å². The molecule has 2 aliphatic heterocycles. The Morgan fingerprint density at radius 2 is 1.70 bits per heavy atom. The fourth-order valence-electron chi connectivity index (χ4n) is 9.85. The number of likely N-dealkylation sites (tertiary alicyclic amines) is 1. The van der Waals surface area contributed by atoms with Crippen molar-refractivity contribution in [3.63, 3.8) is 0 Å². The number of β-amino-alcohol motifs (C(OH)–C–C–N with tert-alkyl or cyclic N) is 1. The molecule has 73 heavy (non-hydrogen) atoms. The number of rotatable bonds is 16. The lowest BCUT2D eigenvalue weighted by atomic mass is 9.89. The van der Waals surface area contributed by atoms with Gasteiger partial charge in [0.1, 0.15) is 35.1 Å². The number of aromatic nitrogens is 6. The van der Waals surface area contributed by atoms with E-state index >= 15 is 0 Å². The van der Waals surface area contributed by atoms with E-state index in [1.807, 2.05) is 106 Å². The predicted molar refractivity (Wildman–Crippen MR) is 288 cm³/mol. The Morgan fingerprint density at radius 1 is 0.973 bits per heavy atom. The maximum absolute atomic E-state index is 14.4. The van der Waals surface area contributed by atoms with Crippen LogP contribution >= 0.6 is 34.7 Å². The fraction of sp³-hybridized carbons (Fsp3) is 0.389. The fourth-order valence-corrected chi connectivity index (χ4v) is 11.9. The Balaban J connectivity index is 0.799. The van der Waals surface area contributed by atoms with Crippen LogP contribution < -0.4 is 15.4 Å². The summed E-state index contributed by atoms with van der Waals surface area (Å²) in [6.07, 6.45) is 7.70. The molecule has 4 aromatic heterocycles. The van der Waals surface area contributed by atoms with E-state index < -0.39 is 24.2 Å². The molecule has 1 aliphatic carbocycles. The molecule has 1 saturated heterocycles. The normalized spacial score (nSPS) is 20.5. The number of nitrogens with zero attached hydrogens (tertiary/aromatic N) is 9. The molecule has 2 fully saturated rings. The Kier molecular flexibility index (Phi) is 15.2. The highest BCUT2D eigenvalue weighted by molar-refractivity contribution is 8.07. The van der Waals surface area contributed by atoms with Crippen LogP contribution in [0.2, 0.25) is 5.02 Å². The molecule has 19 heteroatoms. The van der Waals surface area contributed by atoms with E-state index in [1.54, 1.807) is 46.2 Å². The van der Waals surface area contributed by atoms with E-state index in [-0.39, 0.29) is 61.2 Å². The largest absolute Gasteiger partial charge is 0.474 e. The monoisotopic (exact) mass is 1040 g/mol. The van der Waals surface area contributed by atoms with Crippen molar-refractivity contribution < 1.29 is 24.2 Å². The van der Waals surface area contributed by atoms with Crippen LogP contribution in [0, 0.1) is 26.7 Å². The second-order valence-corrected chi connectivity index (χ2v) is 21.8. The summed E-state index contributed by atoms with van der Waals surface area (Å²) in [5.41, 5.74) is 8.14.